The minimum absolute atomic E-state index is 0.261. The number of pyridine rings is 1. The zero-order valence-electron chi connectivity index (χ0n) is 13.6. The summed E-state index contributed by atoms with van der Waals surface area (Å²) < 4.78 is 13.5. The van der Waals surface area contributed by atoms with Gasteiger partial charge in [0.2, 0.25) is 0 Å². The Labute approximate surface area is 127 Å². The van der Waals surface area contributed by atoms with Crippen molar-refractivity contribution in [1.82, 2.24) is 15.2 Å². The molecule has 0 radical (unpaired) electrons. The van der Waals surface area contributed by atoms with Crippen LogP contribution in [0.25, 0.3) is 0 Å². The maximum Gasteiger partial charge on any atom is 0.141 e. The van der Waals surface area contributed by atoms with Gasteiger partial charge in [0.05, 0.1) is 6.20 Å². The van der Waals surface area contributed by atoms with Crippen molar-refractivity contribution in [3.8, 4) is 0 Å². The van der Waals surface area contributed by atoms with E-state index in [1.54, 1.807) is 6.07 Å². The molecular weight excluding hydrogens is 267 g/mol. The molecule has 1 aromatic heterocycles. The van der Waals surface area contributed by atoms with Gasteiger partial charge < -0.3 is 15.1 Å². The number of rotatable bonds is 6. The summed E-state index contributed by atoms with van der Waals surface area (Å²) in [6.07, 6.45) is 2.40. The smallest absolute Gasteiger partial charge is 0.141 e. The van der Waals surface area contributed by atoms with Gasteiger partial charge in [0.1, 0.15) is 11.6 Å². The number of likely N-dealkylation sites (N-methyl/N-ethyl adjacent to an activating group) is 1. The first-order valence-electron chi connectivity index (χ1n) is 7.79. The summed E-state index contributed by atoms with van der Waals surface area (Å²) >= 11 is 0. The Morgan fingerprint density at radius 1 is 1.43 bits per heavy atom. The summed E-state index contributed by atoms with van der Waals surface area (Å²) in [6.45, 7) is 7.93. The summed E-state index contributed by atoms with van der Waals surface area (Å²) in [5.41, 5.74) is 0.954. The minimum Gasteiger partial charge on any atom is -0.354 e. The van der Waals surface area contributed by atoms with Gasteiger partial charge in [-0.3, -0.25) is 0 Å². The van der Waals surface area contributed by atoms with Crippen molar-refractivity contribution in [3.63, 3.8) is 0 Å². The van der Waals surface area contributed by atoms with Crippen LogP contribution in [-0.2, 0) is 6.54 Å². The second-order valence-electron chi connectivity index (χ2n) is 6.23. The second kappa shape index (κ2) is 7.18. The molecule has 1 aromatic rings. The molecule has 21 heavy (non-hydrogen) atoms. The van der Waals surface area contributed by atoms with E-state index in [2.05, 4.69) is 48.0 Å². The molecule has 2 rings (SSSR count). The van der Waals surface area contributed by atoms with Crippen LogP contribution in [-0.4, -0.2) is 49.7 Å². The van der Waals surface area contributed by atoms with Gasteiger partial charge in [-0.2, -0.15) is 0 Å². The Balaban J connectivity index is 2.15. The minimum atomic E-state index is -0.261. The van der Waals surface area contributed by atoms with Crippen molar-refractivity contribution in [1.29, 1.82) is 0 Å². The molecule has 0 aliphatic carbocycles. The van der Waals surface area contributed by atoms with Crippen LogP contribution in [0.15, 0.2) is 12.3 Å². The van der Waals surface area contributed by atoms with E-state index in [0.717, 1.165) is 37.4 Å². The molecule has 4 nitrogen and oxygen atoms in total. The summed E-state index contributed by atoms with van der Waals surface area (Å²) in [5.74, 6) is 1.25. The first-order valence-corrected chi connectivity index (χ1v) is 7.79. The molecule has 1 aliphatic rings. The van der Waals surface area contributed by atoms with Gasteiger partial charge in [-0.05, 0) is 39.0 Å². The van der Waals surface area contributed by atoms with E-state index in [9.17, 15) is 4.39 Å². The van der Waals surface area contributed by atoms with Crippen LogP contribution in [0, 0.1) is 11.7 Å². The Bertz CT molecular complexity index is 464. The van der Waals surface area contributed by atoms with Crippen LogP contribution >= 0.6 is 0 Å². The predicted molar refractivity (Wildman–Crippen MR) is 85.0 cm³/mol. The van der Waals surface area contributed by atoms with E-state index < -0.39 is 0 Å². The molecule has 0 spiro atoms. The van der Waals surface area contributed by atoms with Crippen LogP contribution in [0.2, 0.25) is 0 Å². The average Bonchev–Trinajstić information content (AvgIpc) is 2.81. The molecule has 1 saturated heterocycles. The van der Waals surface area contributed by atoms with Gasteiger partial charge >= 0.3 is 0 Å². The molecule has 0 aromatic carbocycles. The van der Waals surface area contributed by atoms with E-state index in [-0.39, 0.29) is 5.82 Å². The van der Waals surface area contributed by atoms with Crippen molar-refractivity contribution >= 4 is 5.82 Å². The van der Waals surface area contributed by atoms with E-state index in [4.69, 9.17) is 0 Å². The van der Waals surface area contributed by atoms with E-state index >= 15 is 0 Å². The zero-order chi connectivity index (χ0) is 15.4. The number of anilines is 1. The fourth-order valence-electron chi connectivity index (χ4n) is 3.08. The van der Waals surface area contributed by atoms with Crippen molar-refractivity contribution in [2.24, 2.45) is 5.92 Å². The van der Waals surface area contributed by atoms with Gasteiger partial charge in [-0.15, -0.1) is 0 Å². The lowest BCUT2D eigenvalue weighted by atomic mass is 10.1. The average molecular weight is 294 g/mol. The van der Waals surface area contributed by atoms with E-state index in [0.29, 0.717) is 18.5 Å². The Hall–Kier alpha value is -1.20. The third kappa shape index (κ3) is 3.92. The zero-order valence-corrected chi connectivity index (χ0v) is 13.6. The number of hydrogen-bond acceptors (Lipinski definition) is 4. The number of nitrogens with one attached hydrogen (secondary N) is 1. The summed E-state index contributed by atoms with van der Waals surface area (Å²) in [5, 5.41) is 3.34. The van der Waals surface area contributed by atoms with Crippen molar-refractivity contribution in [2.75, 3.05) is 38.6 Å². The lowest BCUT2D eigenvalue weighted by Crippen LogP contribution is -2.34. The third-order valence-corrected chi connectivity index (χ3v) is 4.19. The number of halogens is 1. The molecule has 2 unspecified atom stereocenters. The van der Waals surface area contributed by atoms with Crippen molar-refractivity contribution < 1.29 is 4.39 Å². The summed E-state index contributed by atoms with van der Waals surface area (Å²) in [6, 6.07) is 2.13. The van der Waals surface area contributed by atoms with Crippen LogP contribution < -0.4 is 10.2 Å². The van der Waals surface area contributed by atoms with Crippen LogP contribution in [0.4, 0.5) is 10.2 Å². The largest absolute Gasteiger partial charge is 0.354 e. The molecule has 118 valence electrons. The highest BCUT2D eigenvalue weighted by molar-refractivity contribution is 5.48. The highest BCUT2D eigenvalue weighted by Gasteiger charge is 2.32. The van der Waals surface area contributed by atoms with Crippen molar-refractivity contribution in [2.45, 2.75) is 32.9 Å². The molecular formula is C16H27FN4. The summed E-state index contributed by atoms with van der Waals surface area (Å²) in [4.78, 5) is 8.92. The molecule has 0 amide bonds. The lowest BCUT2D eigenvalue weighted by molar-refractivity contribution is 0.266. The molecule has 1 N–H and O–H groups in total. The molecule has 5 heteroatoms. The monoisotopic (exact) mass is 294 g/mol. The number of nitrogens with zero attached hydrogens (tertiary/aromatic N) is 3. The second-order valence-corrected chi connectivity index (χ2v) is 6.23. The number of aromatic nitrogens is 1. The fourth-order valence-corrected chi connectivity index (χ4v) is 3.08. The maximum atomic E-state index is 13.5. The van der Waals surface area contributed by atoms with Crippen LogP contribution in [0.1, 0.15) is 25.8 Å². The van der Waals surface area contributed by atoms with Crippen LogP contribution in [0.5, 0.6) is 0 Å². The molecule has 1 fully saturated rings. The van der Waals surface area contributed by atoms with Gasteiger partial charge in [-0.1, -0.05) is 13.8 Å². The molecule has 0 saturated carbocycles. The summed E-state index contributed by atoms with van der Waals surface area (Å²) in [7, 11) is 4.24. The fraction of sp³-hybridized carbons (Fsp3) is 0.688. The molecule has 0 bridgehead atoms. The first-order chi connectivity index (χ1) is 10.0. The Morgan fingerprint density at radius 2 is 2.19 bits per heavy atom. The van der Waals surface area contributed by atoms with Crippen LogP contribution in [0.3, 0.4) is 0 Å². The standard InChI is InChI=1S/C16H27FN4/c1-5-6-18-8-13-7-14(17)9-19-16(13)21-10-12(2)15(11-21)20(3)4/h7,9,12,15,18H,5-6,8,10-11H2,1-4H3. The molecule has 2 atom stereocenters. The Kier molecular flexibility index (Phi) is 5.53. The SMILES string of the molecule is CCCNCc1cc(F)cnc1N1CC(C)C(N(C)C)C1. The highest BCUT2D eigenvalue weighted by Crippen LogP contribution is 2.27. The van der Waals surface area contributed by atoms with E-state index in [1.165, 1.54) is 6.20 Å². The first kappa shape index (κ1) is 16.2. The normalized spacial score (nSPS) is 22.3. The molecule has 1 aliphatic heterocycles. The lowest BCUT2D eigenvalue weighted by Gasteiger charge is -2.23. The highest BCUT2D eigenvalue weighted by atomic mass is 19.1. The maximum absolute atomic E-state index is 13.5. The van der Waals surface area contributed by atoms with Gasteiger partial charge in [0, 0.05) is 31.2 Å². The number of hydrogen-bond donors (Lipinski definition) is 1. The van der Waals surface area contributed by atoms with Gasteiger partial charge in [0.25, 0.3) is 0 Å². The molecule has 2 heterocycles. The Morgan fingerprint density at radius 3 is 2.81 bits per heavy atom. The topological polar surface area (TPSA) is 31.4 Å². The van der Waals surface area contributed by atoms with E-state index in [1.807, 2.05) is 0 Å². The van der Waals surface area contributed by atoms with Crippen molar-refractivity contribution in [3.05, 3.63) is 23.6 Å². The third-order valence-electron chi connectivity index (χ3n) is 4.19. The predicted octanol–water partition coefficient (Wildman–Crippen LogP) is 2.11. The van der Waals surface area contributed by atoms with Gasteiger partial charge in [-0.25, -0.2) is 9.37 Å². The quantitative estimate of drug-likeness (QED) is 0.814. The van der Waals surface area contributed by atoms with Gasteiger partial charge in [0.15, 0.2) is 0 Å².